The van der Waals surface area contributed by atoms with Crippen molar-refractivity contribution in [2.75, 3.05) is 36.4 Å². The Hall–Kier alpha value is -4.87. The molecular formula is C38H42N5+. The summed E-state index contributed by atoms with van der Waals surface area (Å²) in [4.78, 5) is 2.26. The number of hydrogen-bond acceptors (Lipinski definition) is 4. The van der Waals surface area contributed by atoms with Gasteiger partial charge in [-0.1, -0.05) is 35.9 Å². The maximum atomic E-state index is 9.13. The summed E-state index contributed by atoms with van der Waals surface area (Å²) in [7, 11) is 0. The molecule has 0 saturated heterocycles. The van der Waals surface area contributed by atoms with Gasteiger partial charge in [0.25, 0.3) is 0 Å². The predicted molar refractivity (Wildman–Crippen MR) is 180 cm³/mol. The smallest absolute Gasteiger partial charge is 0.200 e. The maximum absolute atomic E-state index is 9.13. The van der Waals surface area contributed by atoms with Crippen molar-refractivity contribution in [2.45, 2.75) is 47.5 Å². The second-order valence-corrected chi connectivity index (χ2v) is 10.9. The van der Waals surface area contributed by atoms with Gasteiger partial charge in [0.05, 0.1) is 25.0 Å². The summed E-state index contributed by atoms with van der Waals surface area (Å²) in [5.74, 6) is 0. The van der Waals surface area contributed by atoms with Gasteiger partial charge >= 0.3 is 0 Å². The Kier molecular flexibility index (Phi) is 10.7. The molecule has 1 N–H and O–H groups in total. The first kappa shape index (κ1) is 31.1. The largest absolute Gasteiger partial charge is 0.371 e. The van der Waals surface area contributed by atoms with Gasteiger partial charge in [-0.15, -0.1) is 0 Å². The van der Waals surface area contributed by atoms with Crippen LogP contribution in [0.4, 0.5) is 17.1 Å². The van der Waals surface area contributed by atoms with Crippen molar-refractivity contribution in [3.63, 3.8) is 0 Å². The molecule has 3 aromatic carbocycles. The van der Waals surface area contributed by atoms with E-state index < -0.39 is 0 Å². The summed E-state index contributed by atoms with van der Waals surface area (Å²) in [6.45, 7) is 13.9. The summed E-state index contributed by atoms with van der Waals surface area (Å²) >= 11 is 0. The van der Waals surface area contributed by atoms with Crippen molar-refractivity contribution in [3.8, 4) is 12.1 Å². The number of allylic oxidation sites excluding steroid dienone is 5. The number of rotatable bonds is 11. The lowest BCUT2D eigenvalue weighted by atomic mass is 9.85. The number of nitrogens with zero attached hydrogens (tertiary/aromatic N) is 4. The number of nitrogens with one attached hydrogen (secondary N) is 1. The second-order valence-electron chi connectivity index (χ2n) is 10.9. The molecule has 218 valence electrons. The Balaban J connectivity index is 1.79. The Morgan fingerprint density at radius 2 is 1.51 bits per heavy atom. The van der Waals surface area contributed by atoms with E-state index in [1.54, 1.807) is 0 Å². The van der Waals surface area contributed by atoms with Gasteiger partial charge in [0, 0.05) is 42.3 Å². The van der Waals surface area contributed by atoms with E-state index >= 15 is 0 Å². The first-order valence-electron chi connectivity index (χ1n) is 15.1. The zero-order chi connectivity index (χ0) is 30.8. The first-order valence-corrected chi connectivity index (χ1v) is 15.1. The highest BCUT2D eigenvalue weighted by molar-refractivity contribution is 6.05. The summed E-state index contributed by atoms with van der Waals surface area (Å²) < 4.78 is 2.26. The molecule has 1 aliphatic carbocycles. The molecule has 5 heteroatoms. The molecule has 0 aliphatic heterocycles. The Morgan fingerprint density at radius 3 is 2.09 bits per heavy atom. The van der Waals surface area contributed by atoms with Crippen LogP contribution in [0.5, 0.6) is 0 Å². The number of benzene rings is 3. The lowest BCUT2D eigenvalue weighted by molar-refractivity contribution is -0.521. The monoisotopic (exact) mass is 568 g/mol. The van der Waals surface area contributed by atoms with Gasteiger partial charge in [-0.05, 0) is 111 Å². The van der Waals surface area contributed by atoms with E-state index in [2.05, 4.69) is 147 Å². The molecule has 0 fully saturated rings. The summed E-state index contributed by atoms with van der Waals surface area (Å²) in [5, 5.41) is 21.8. The number of nitriles is 2. The molecule has 0 bridgehead atoms. The van der Waals surface area contributed by atoms with Crippen molar-refractivity contribution in [1.82, 2.24) is 0 Å². The fraction of sp³-hybridized carbons (Fsp3) is 0.289. The van der Waals surface area contributed by atoms with Gasteiger partial charge < -0.3 is 10.2 Å². The zero-order valence-electron chi connectivity index (χ0n) is 26.1. The fourth-order valence-electron chi connectivity index (χ4n) is 5.54. The third-order valence-corrected chi connectivity index (χ3v) is 7.95. The van der Waals surface area contributed by atoms with E-state index in [4.69, 9.17) is 10.5 Å². The van der Waals surface area contributed by atoms with Crippen molar-refractivity contribution in [1.29, 1.82) is 10.5 Å². The highest BCUT2D eigenvalue weighted by Gasteiger charge is 2.20. The SMILES string of the molecule is CCN(CCC#N)c1ccc(/C(=C2\C=CC(=[N+](CC)CCC#N)C=C2C)c2ccc(Nc3ccc(C)cc3)cc2)c(C)c1. The third kappa shape index (κ3) is 7.70. The van der Waals surface area contributed by atoms with Crippen LogP contribution in [0.25, 0.3) is 5.57 Å². The predicted octanol–water partition coefficient (Wildman–Crippen LogP) is 8.49. The van der Waals surface area contributed by atoms with Crippen molar-refractivity contribution in [3.05, 3.63) is 118 Å². The standard InChI is InChI=1S/C38H41N5/c1-6-42(24-8-22-39)34-18-20-36(29(4)26-34)38(37-21-19-35(27-30(37)5)43(7-2)25-9-23-40)31-12-16-33(17-13-31)41-32-14-10-28(3)11-15-32/h10-21,26-27H,6-9,24-25H2,1-5H3/p+1. The molecule has 0 aromatic heterocycles. The molecule has 3 aromatic rings. The van der Waals surface area contributed by atoms with Gasteiger partial charge in [0.15, 0.2) is 12.3 Å². The minimum Gasteiger partial charge on any atom is -0.371 e. The Morgan fingerprint density at radius 1 is 0.837 bits per heavy atom. The van der Waals surface area contributed by atoms with Crippen molar-refractivity contribution in [2.24, 2.45) is 0 Å². The Bertz CT molecular complexity index is 1640. The molecule has 0 spiro atoms. The average molecular weight is 569 g/mol. The normalized spacial score (nSPS) is 14.8. The van der Waals surface area contributed by atoms with Crippen LogP contribution in [0.3, 0.4) is 0 Å². The molecule has 5 nitrogen and oxygen atoms in total. The highest BCUT2D eigenvalue weighted by Crippen LogP contribution is 2.36. The van der Waals surface area contributed by atoms with Crippen LogP contribution in [-0.4, -0.2) is 36.5 Å². The summed E-state index contributed by atoms with van der Waals surface area (Å²) in [6.07, 6.45) is 7.66. The van der Waals surface area contributed by atoms with Gasteiger partial charge in [-0.3, -0.25) is 0 Å². The molecule has 1 aliphatic rings. The molecule has 0 unspecified atom stereocenters. The van der Waals surface area contributed by atoms with Crippen molar-refractivity contribution >= 4 is 28.3 Å². The van der Waals surface area contributed by atoms with E-state index in [9.17, 15) is 0 Å². The molecule has 43 heavy (non-hydrogen) atoms. The van der Waals surface area contributed by atoms with Gasteiger partial charge in [0.2, 0.25) is 0 Å². The highest BCUT2D eigenvalue weighted by atomic mass is 15.1. The lowest BCUT2D eigenvalue weighted by Gasteiger charge is -2.24. The molecule has 4 rings (SSSR count). The van der Waals surface area contributed by atoms with Gasteiger partial charge in [-0.25, -0.2) is 4.58 Å². The molecule has 0 radical (unpaired) electrons. The topological polar surface area (TPSA) is 65.9 Å². The van der Waals surface area contributed by atoms with Crippen LogP contribution < -0.4 is 10.2 Å². The fourth-order valence-corrected chi connectivity index (χ4v) is 5.54. The van der Waals surface area contributed by atoms with Crippen LogP contribution in [0, 0.1) is 36.5 Å². The number of hydrogen-bond donors (Lipinski definition) is 1. The number of anilines is 3. The zero-order valence-corrected chi connectivity index (χ0v) is 26.1. The first-order chi connectivity index (χ1) is 20.9. The van der Waals surface area contributed by atoms with Crippen LogP contribution in [0.15, 0.2) is 96.1 Å². The lowest BCUT2D eigenvalue weighted by Crippen LogP contribution is -2.23. The molecule has 0 heterocycles. The maximum Gasteiger partial charge on any atom is 0.200 e. The Labute approximate surface area is 257 Å². The van der Waals surface area contributed by atoms with Crippen molar-refractivity contribution < 1.29 is 4.58 Å². The van der Waals surface area contributed by atoms with E-state index in [1.165, 1.54) is 33.4 Å². The average Bonchev–Trinajstić information content (AvgIpc) is 3.02. The van der Waals surface area contributed by atoms with E-state index in [-0.39, 0.29) is 0 Å². The summed E-state index contributed by atoms with van der Waals surface area (Å²) in [5.41, 5.74) is 12.7. The molecular weight excluding hydrogens is 526 g/mol. The van der Waals surface area contributed by atoms with Crippen LogP contribution in [-0.2, 0) is 0 Å². The minimum atomic E-state index is 0.504. The second kappa shape index (κ2) is 14.9. The van der Waals surface area contributed by atoms with Gasteiger partial charge in [-0.2, -0.15) is 10.5 Å². The molecule has 0 amide bonds. The molecule has 0 atom stereocenters. The van der Waals surface area contributed by atoms with Crippen LogP contribution in [0.2, 0.25) is 0 Å². The minimum absolute atomic E-state index is 0.504. The van der Waals surface area contributed by atoms with Crippen LogP contribution >= 0.6 is 0 Å². The van der Waals surface area contributed by atoms with E-state index in [0.29, 0.717) is 12.8 Å². The number of aryl methyl sites for hydroxylation is 2. The van der Waals surface area contributed by atoms with Crippen LogP contribution in [0.1, 0.15) is 55.9 Å². The third-order valence-electron chi connectivity index (χ3n) is 7.95. The van der Waals surface area contributed by atoms with E-state index in [1.807, 2.05) is 0 Å². The van der Waals surface area contributed by atoms with Gasteiger partial charge in [0.1, 0.15) is 6.54 Å². The quantitative estimate of drug-likeness (QED) is 0.236. The van der Waals surface area contributed by atoms with E-state index in [0.717, 1.165) is 54.5 Å². The molecule has 0 saturated carbocycles. The summed E-state index contributed by atoms with van der Waals surface area (Å²) in [6, 6.07) is 28.3.